The van der Waals surface area contributed by atoms with Crippen molar-refractivity contribution in [2.24, 2.45) is 0 Å². The van der Waals surface area contributed by atoms with Crippen LogP contribution in [0.5, 0.6) is 5.75 Å². The Labute approximate surface area is 164 Å². The molecule has 2 N–H and O–H groups in total. The van der Waals surface area contributed by atoms with Crippen LogP contribution in [0.1, 0.15) is 23.9 Å². The van der Waals surface area contributed by atoms with Crippen molar-refractivity contribution >= 4 is 23.5 Å². The molecule has 2 heterocycles. The van der Waals surface area contributed by atoms with Crippen LogP contribution in [0.25, 0.3) is 0 Å². The fourth-order valence-corrected chi connectivity index (χ4v) is 3.49. The quantitative estimate of drug-likeness (QED) is 0.858. The Balaban J connectivity index is 1.75. The minimum atomic E-state index is -0.123. The zero-order valence-electron chi connectivity index (χ0n) is 16.6. The molecule has 2 aromatic rings. The summed E-state index contributed by atoms with van der Waals surface area (Å²) in [5.41, 5.74) is 8.56. The van der Waals surface area contributed by atoms with Crippen LogP contribution >= 0.6 is 0 Å². The van der Waals surface area contributed by atoms with Crippen molar-refractivity contribution in [3.8, 4) is 5.75 Å². The summed E-state index contributed by atoms with van der Waals surface area (Å²) in [5.74, 6) is 0.639. The lowest BCUT2D eigenvalue weighted by Crippen LogP contribution is -2.57. The van der Waals surface area contributed by atoms with E-state index in [1.54, 1.807) is 16.9 Å². The van der Waals surface area contributed by atoms with E-state index in [-0.39, 0.29) is 36.8 Å². The Bertz CT molecular complexity index is 891. The first kappa shape index (κ1) is 19.6. The molecule has 3 rings (SSSR count). The molecule has 8 heteroatoms. The van der Waals surface area contributed by atoms with Crippen LogP contribution in [0.2, 0.25) is 0 Å². The van der Waals surface area contributed by atoms with Gasteiger partial charge in [0.2, 0.25) is 17.8 Å². The van der Waals surface area contributed by atoms with E-state index < -0.39 is 0 Å². The molecule has 2 amide bonds. The van der Waals surface area contributed by atoms with Crippen LogP contribution in [0.4, 0.5) is 11.6 Å². The van der Waals surface area contributed by atoms with Gasteiger partial charge in [-0.1, -0.05) is 6.07 Å². The minimum absolute atomic E-state index is 0.0329. The Morgan fingerprint density at radius 2 is 1.96 bits per heavy atom. The standard InChI is InChI=1S/C20H25N5O3/c1-12-10-25(15-6-5-7-16(8-15)28-4)19(27)11-24(12)18(26)9-17-13(2)22-20(21)23-14(17)3/h5-8,12H,9-11H2,1-4H3,(H2,21,22,23)/t12-/m0/s1. The number of amides is 2. The van der Waals surface area contributed by atoms with Crippen LogP contribution in [0, 0.1) is 13.8 Å². The largest absolute Gasteiger partial charge is 0.497 e. The molecule has 1 aromatic carbocycles. The first-order chi connectivity index (χ1) is 13.3. The average molecular weight is 383 g/mol. The highest BCUT2D eigenvalue weighted by molar-refractivity contribution is 5.98. The molecule has 0 saturated carbocycles. The summed E-state index contributed by atoms with van der Waals surface area (Å²) in [5, 5.41) is 0. The van der Waals surface area contributed by atoms with Crippen molar-refractivity contribution in [3.63, 3.8) is 0 Å². The molecule has 1 atom stereocenters. The third-order valence-electron chi connectivity index (χ3n) is 5.04. The fraction of sp³-hybridized carbons (Fsp3) is 0.400. The highest BCUT2D eigenvalue weighted by atomic mass is 16.5. The maximum absolute atomic E-state index is 12.9. The van der Waals surface area contributed by atoms with Crippen LogP contribution in [-0.2, 0) is 16.0 Å². The van der Waals surface area contributed by atoms with Gasteiger partial charge in [0.25, 0.3) is 0 Å². The third-order valence-corrected chi connectivity index (χ3v) is 5.04. The summed E-state index contributed by atoms with van der Waals surface area (Å²) in [4.78, 5) is 37.2. The molecule has 1 aliphatic rings. The topological polar surface area (TPSA) is 102 Å². The number of aryl methyl sites for hydroxylation is 2. The van der Waals surface area contributed by atoms with Crippen molar-refractivity contribution in [3.05, 3.63) is 41.2 Å². The molecule has 1 fully saturated rings. The number of ether oxygens (including phenoxy) is 1. The third kappa shape index (κ3) is 3.90. The highest BCUT2D eigenvalue weighted by Crippen LogP contribution is 2.25. The van der Waals surface area contributed by atoms with Crippen molar-refractivity contribution in [1.29, 1.82) is 0 Å². The summed E-state index contributed by atoms with van der Waals surface area (Å²) in [7, 11) is 1.59. The second-order valence-electron chi connectivity index (χ2n) is 6.98. The number of aromatic nitrogens is 2. The maximum Gasteiger partial charge on any atom is 0.246 e. The Hall–Kier alpha value is -3.16. The number of rotatable bonds is 4. The van der Waals surface area contributed by atoms with Crippen LogP contribution in [0.15, 0.2) is 24.3 Å². The van der Waals surface area contributed by atoms with Gasteiger partial charge in [-0.25, -0.2) is 9.97 Å². The van der Waals surface area contributed by atoms with Gasteiger partial charge >= 0.3 is 0 Å². The predicted molar refractivity (Wildman–Crippen MR) is 106 cm³/mol. The minimum Gasteiger partial charge on any atom is -0.497 e. The van der Waals surface area contributed by atoms with E-state index in [4.69, 9.17) is 10.5 Å². The van der Waals surface area contributed by atoms with E-state index in [2.05, 4.69) is 9.97 Å². The van der Waals surface area contributed by atoms with Crippen molar-refractivity contribution in [2.45, 2.75) is 33.2 Å². The lowest BCUT2D eigenvalue weighted by molar-refractivity contribution is -0.138. The summed E-state index contributed by atoms with van der Waals surface area (Å²) in [6.07, 6.45) is 0.148. The molecule has 1 aliphatic heterocycles. The zero-order valence-corrected chi connectivity index (χ0v) is 16.6. The molecule has 1 saturated heterocycles. The van der Waals surface area contributed by atoms with Gasteiger partial charge in [-0.05, 0) is 32.9 Å². The van der Waals surface area contributed by atoms with Crippen molar-refractivity contribution in [1.82, 2.24) is 14.9 Å². The van der Waals surface area contributed by atoms with Gasteiger partial charge in [0.1, 0.15) is 12.3 Å². The number of carbonyl (C=O) groups excluding carboxylic acids is 2. The fourth-order valence-electron chi connectivity index (χ4n) is 3.49. The number of methoxy groups -OCH3 is 1. The van der Waals surface area contributed by atoms with Gasteiger partial charge in [0.05, 0.1) is 13.5 Å². The molecule has 0 bridgehead atoms. The summed E-state index contributed by atoms with van der Waals surface area (Å²) in [6.45, 7) is 6.02. The average Bonchev–Trinajstić information content (AvgIpc) is 2.66. The summed E-state index contributed by atoms with van der Waals surface area (Å²) < 4.78 is 5.24. The Kier molecular flexibility index (Phi) is 5.48. The monoisotopic (exact) mass is 383 g/mol. The van der Waals surface area contributed by atoms with Gasteiger partial charge in [-0.2, -0.15) is 0 Å². The number of nitrogen functional groups attached to an aromatic ring is 1. The number of nitrogens with two attached hydrogens (primary N) is 1. The predicted octanol–water partition coefficient (Wildman–Crippen LogP) is 1.49. The summed E-state index contributed by atoms with van der Waals surface area (Å²) >= 11 is 0. The molecule has 8 nitrogen and oxygen atoms in total. The van der Waals surface area contributed by atoms with Crippen LogP contribution in [0.3, 0.4) is 0 Å². The lowest BCUT2D eigenvalue weighted by Gasteiger charge is -2.39. The lowest BCUT2D eigenvalue weighted by atomic mass is 10.1. The van der Waals surface area contributed by atoms with Gasteiger partial charge in [0.15, 0.2) is 0 Å². The number of piperazine rings is 1. The normalized spacial score (nSPS) is 17.0. The number of hydrogen-bond donors (Lipinski definition) is 1. The number of anilines is 2. The molecule has 0 aliphatic carbocycles. The van der Waals surface area contributed by atoms with Gasteiger partial charge in [0, 0.05) is 41.3 Å². The Morgan fingerprint density at radius 3 is 2.61 bits per heavy atom. The molecule has 1 aromatic heterocycles. The van der Waals surface area contributed by atoms with Gasteiger partial charge in [-0.15, -0.1) is 0 Å². The number of benzene rings is 1. The van der Waals surface area contributed by atoms with E-state index in [9.17, 15) is 9.59 Å². The Morgan fingerprint density at radius 1 is 1.29 bits per heavy atom. The van der Waals surface area contributed by atoms with Crippen molar-refractivity contribution < 1.29 is 14.3 Å². The molecule has 0 unspecified atom stereocenters. The van der Waals surface area contributed by atoms with E-state index >= 15 is 0 Å². The summed E-state index contributed by atoms with van der Waals surface area (Å²) in [6, 6.07) is 7.24. The molecule has 0 spiro atoms. The second-order valence-corrected chi connectivity index (χ2v) is 6.98. The maximum atomic E-state index is 12.9. The SMILES string of the molecule is COc1cccc(N2C[C@H](C)N(C(=O)Cc3c(C)nc(N)nc3C)CC2=O)c1. The van der Waals surface area contributed by atoms with Gasteiger partial charge in [-0.3, -0.25) is 9.59 Å². The van der Waals surface area contributed by atoms with Crippen LogP contribution < -0.4 is 15.4 Å². The first-order valence-electron chi connectivity index (χ1n) is 9.13. The first-order valence-corrected chi connectivity index (χ1v) is 9.13. The van der Waals surface area contributed by atoms with E-state index in [1.165, 1.54) is 0 Å². The highest BCUT2D eigenvalue weighted by Gasteiger charge is 2.33. The van der Waals surface area contributed by atoms with E-state index in [0.29, 0.717) is 23.7 Å². The van der Waals surface area contributed by atoms with Crippen molar-refractivity contribution in [2.75, 3.05) is 30.8 Å². The second kappa shape index (κ2) is 7.84. The number of nitrogens with zero attached hydrogens (tertiary/aromatic N) is 4. The molecular formula is C20H25N5O3. The van der Waals surface area contributed by atoms with E-state index in [1.807, 2.05) is 45.0 Å². The smallest absolute Gasteiger partial charge is 0.246 e. The number of hydrogen-bond acceptors (Lipinski definition) is 6. The number of carbonyl (C=O) groups is 2. The van der Waals surface area contributed by atoms with E-state index in [0.717, 1.165) is 11.3 Å². The zero-order chi connectivity index (χ0) is 20.4. The van der Waals surface area contributed by atoms with Gasteiger partial charge < -0.3 is 20.3 Å². The molecule has 148 valence electrons. The molecular weight excluding hydrogens is 358 g/mol. The van der Waals surface area contributed by atoms with Crippen LogP contribution in [-0.4, -0.2) is 52.9 Å². The molecule has 0 radical (unpaired) electrons. The molecule has 28 heavy (non-hydrogen) atoms.